The summed E-state index contributed by atoms with van der Waals surface area (Å²) in [6.07, 6.45) is 1.02. The quantitative estimate of drug-likeness (QED) is 0.697. The third-order valence-electron chi connectivity index (χ3n) is 3.48. The highest BCUT2D eigenvalue weighted by Gasteiger charge is 2.12. The molecule has 1 heterocycles. The van der Waals surface area contributed by atoms with Gasteiger partial charge in [0.1, 0.15) is 11.6 Å². The molecular weight excluding hydrogens is 334 g/mol. The summed E-state index contributed by atoms with van der Waals surface area (Å²) < 4.78 is 0. The molecule has 2 aromatic rings. The smallest absolute Gasteiger partial charge is 0.226 e. The number of nitrogens with zero attached hydrogens (tertiary/aromatic N) is 3. The SMILES string of the molecule is C=C.CCCNc1nc(NCc2ccccc2Cl)c(C)c(N(C)C)n1. The van der Waals surface area contributed by atoms with Crippen LogP contribution in [0.5, 0.6) is 0 Å². The molecule has 0 aliphatic heterocycles. The molecule has 25 heavy (non-hydrogen) atoms. The summed E-state index contributed by atoms with van der Waals surface area (Å²) >= 11 is 6.22. The van der Waals surface area contributed by atoms with Gasteiger partial charge >= 0.3 is 0 Å². The number of nitrogens with one attached hydrogen (secondary N) is 2. The van der Waals surface area contributed by atoms with Crippen molar-refractivity contribution in [3.8, 4) is 0 Å². The lowest BCUT2D eigenvalue weighted by Gasteiger charge is -2.19. The maximum Gasteiger partial charge on any atom is 0.226 e. The van der Waals surface area contributed by atoms with Crippen LogP contribution in [-0.4, -0.2) is 30.6 Å². The summed E-state index contributed by atoms with van der Waals surface area (Å²) in [6, 6.07) is 7.81. The minimum Gasteiger partial charge on any atom is -0.365 e. The maximum absolute atomic E-state index is 6.22. The normalized spacial score (nSPS) is 9.80. The second-order valence-corrected chi connectivity index (χ2v) is 6.02. The molecule has 0 atom stereocenters. The zero-order valence-corrected chi connectivity index (χ0v) is 16.3. The predicted octanol–water partition coefficient (Wildman–Crippen LogP) is 4.74. The minimum absolute atomic E-state index is 0.623. The molecule has 0 aliphatic carbocycles. The Labute approximate surface area is 156 Å². The van der Waals surface area contributed by atoms with Gasteiger partial charge in [-0.3, -0.25) is 0 Å². The molecule has 0 saturated heterocycles. The first-order chi connectivity index (χ1) is 12.0. The van der Waals surface area contributed by atoms with Gasteiger partial charge < -0.3 is 15.5 Å². The van der Waals surface area contributed by atoms with Crippen LogP contribution in [-0.2, 0) is 6.54 Å². The number of halogens is 1. The molecule has 136 valence electrons. The van der Waals surface area contributed by atoms with Crippen molar-refractivity contribution in [2.24, 2.45) is 0 Å². The third kappa shape index (κ3) is 5.94. The monoisotopic (exact) mass is 361 g/mol. The van der Waals surface area contributed by atoms with Crippen LogP contribution in [0.4, 0.5) is 17.6 Å². The van der Waals surface area contributed by atoms with Gasteiger partial charge in [0.05, 0.1) is 0 Å². The second-order valence-electron chi connectivity index (χ2n) is 5.61. The highest BCUT2D eigenvalue weighted by molar-refractivity contribution is 6.31. The Bertz CT molecular complexity index is 673. The van der Waals surface area contributed by atoms with E-state index in [9.17, 15) is 0 Å². The molecule has 0 amide bonds. The maximum atomic E-state index is 6.22. The second kappa shape index (κ2) is 10.6. The fourth-order valence-electron chi connectivity index (χ4n) is 2.25. The van der Waals surface area contributed by atoms with Gasteiger partial charge in [-0.1, -0.05) is 36.7 Å². The molecule has 0 spiro atoms. The Kier molecular flexibility index (Phi) is 8.78. The van der Waals surface area contributed by atoms with Gasteiger partial charge in [0, 0.05) is 37.8 Å². The topological polar surface area (TPSA) is 53.1 Å². The van der Waals surface area contributed by atoms with E-state index in [4.69, 9.17) is 11.6 Å². The lowest BCUT2D eigenvalue weighted by atomic mass is 10.2. The van der Waals surface area contributed by atoms with Crippen molar-refractivity contribution in [2.45, 2.75) is 26.8 Å². The molecule has 2 N–H and O–H groups in total. The van der Waals surface area contributed by atoms with Gasteiger partial charge in [-0.15, -0.1) is 13.2 Å². The zero-order chi connectivity index (χ0) is 18.8. The lowest BCUT2D eigenvalue weighted by molar-refractivity contribution is 0.936. The van der Waals surface area contributed by atoms with Gasteiger partial charge in [0.25, 0.3) is 0 Å². The zero-order valence-electron chi connectivity index (χ0n) is 15.6. The van der Waals surface area contributed by atoms with E-state index >= 15 is 0 Å². The first-order valence-electron chi connectivity index (χ1n) is 8.30. The number of aromatic nitrogens is 2. The summed E-state index contributed by atoms with van der Waals surface area (Å²) in [6.45, 7) is 11.6. The van der Waals surface area contributed by atoms with Crippen molar-refractivity contribution in [1.82, 2.24) is 9.97 Å². The fraction of sp³-hybridized carbons (Fsp3) is 0.368. The van der Waals surface area contributed by atoms with Crippen molar-refractivity contribution in [3.05, 3.63) is 53.6 Å². The first-order valence-corrected chi connectivity index (χ1v) is 8.67. The van der Waals surface area contributed by atoms with Crippen LogP contribution in [0.15, 0.2) is 37.4 Å². The number of rotatable bonds is 7. The summed E-state index contributed by atoms with van der Waals surface area (Å²) in [5, 5.41) is 7.39. The molecule has 0 bridgehead atoms. The highest BCUT2D eigenvalue weighted by atomic mass is 35.5. The van der Waals surface area contributed by atoms with Gasteiger partial charge in [0.15, 0.2) is 0 Å². The van der Waals surface area contributed by atoms with E-state index in [1.54, 1.807) is 0 Å². The van der Waals surface area contributed by atoms with Crippen molar-refractivity contribution in [2.75, 3.05) is 36.2 Å². The summed E-state index contributed by atoms with van der Waals surface area (Å²) in [5.41, 5.74) is 2.06. The average Bonchev–Trinajstić information content (AvgIpc) is 2.62. The molecule has 0 saturated carbocycles. The molecule has 1 aromatic heterocycles. The molecule has 5 nitrogen and oxygen atoms in total. The van der Waals surface area contributed by atoms with E-state index in [1.165, 1.54) is 0 Å². The third-order valence-corrected chi connectivity index (χ3v) is 3.85. The largest absolute Gasteiger partial charge is 0.365 e. The van der Waals surface area contributed by atoms with Crippen molar-refractivity contribution in [1.29, 1.82) is 0 Å². The van der Waals surface area contributed by atoms with Crippen LogP contribution in [0, 0.1) is 6.92 Å². The van der Waals surface area contributed by atoms with E-state index in [0.717, 1.165) is 40.8 Å². The van der Waals surface area contributed by atoms with E-state index < -0.39 is 0 Å². The number of anilines is 3. The fourth-order valence-corrected chi connectivity index (χ4v) is 2.45. The van der Waals surface area contributed by atoms with E-state index in [1.807, 2.05) is 50.2 Å². The van der Waals surface area contributed by atoms with Crippen LogP contribution < -0.4 is 15.5 Å². The van der Waals surface area contributed by atoms with Crippen LogP contribution >= 0.6 is 11.6 Å². The Morgan fingerprint density at radius 1 is 1.12 bits per heavy atom. The van der Waals surface area contributed by atoms with Gasteiger partial charge in [-0.2, -0.15) is 9.97 Å². The average molecular weight is 362 g/mol. The van der Waals surface area contributed by atoms with Gasteiger partial charge in [-0.25, -0.2) is 0 Å². The molecular formula is C19H28ClN5. The number of hydrogen-bond donors (Lipinski definition) is 2. The van der Waals surface area contributed by atoms with Gasteiger partial charge in [-0.05, 0) is 25.0 Å². The van der Waals surface area contributed by atoms with Crippen LogP contribution in [0.3, 0.4) is 0 Å². The van der Waals surface area contributed by atoms with Gasteiger partial charge in [0.2, 0.25) is 5.95 Å². The van der Waals surface area contributed by atoms with Crippen LogP contribution in [0.2, 0.25) is 5.02 Å². The Morgan fingerprint density at radius 3 is 2.40 bits per heavy atom. The number of hydrogen-bond acceptors (Lipinski definition) is 5. The molecule has 0 unspecified atom stereocenters. The molecule has 0 fully saturated rings. The lowest BCUT2D eigenvalue weighted by Crippen LogP contribution is -2.17. The van der Waals surface area contributed by atoms with Crippen molar-refractivity contribution >= 4 is 29.2 Å². The first kappa shape index (κ1) is 20.8. The standard InChI is InChI=1S/C17H24ClN5.C2H4/c1-5-10-19-17-21-15(12(2)16(22-17)23(3)4)20-11-13-8-6-7-9-14(13)18;1-2/h6-9H,5,10-11H2,1-4H3,(H2,19,20,21,22);1-2H2. The van der Waals surface area contributed by atoms with E-state index in [2.05, 4.69) is 40.7 Å². The number of benzene rings is 1. The Hall–Kier alpha value is -2.27. The molecule has 6 heteroatoms. The summed E-state index contributed by atoms with van der Waals surface area (Å²) in [4.78, 5) is 11.2. The van der Waals surface area contributed by atoms with E-state index in [-0.39, 0.29) is 0 Å². The van der Waals surface area contributed by atoms with Crippen molar-refractivity contribution < 1.29 is 0 Å². The summed E-state index contributed by atoms with van der Waals surface area (Å²) in [5.74, 6) is 2.37. The molecule has 1 aromatic carbocycles. The van der Waals surface area contributed by atoms with Crippen LogP contribution in [0.25, 0.3) is 0 Å². The molecule has 0 aliphatic rings. The van der Waals surface area contributed by atoms with E-state index in [0.29, 0.717) is 12.5 Å². The van der Waals surface area contributed by atoms with Crippen LogP contribution in [0.1, 0.15) is 24.5 Å². The molecule has 0 radical (unpaired) electrons. The highest BCUT2D eigenvalue weighted by Crippen LogP contribution is 2.25. The minimum atomic E-state index is 0.623. The van der Waals surface area contributed by atoms with Crippen molar-refractivity contribution in [3.63, 3.8) is 0 Å². The summed E-state index contributed by atoms with van der Waals surface area (Å²) in [7, 11) is 3.97. The Balaban J connectivity index is 0.00000151. The molecule has 2 rings (SSSR count). The predicted molar refractivity (Wildman–Crippen MR) is 110 cm³/mol. The Morgan fingerprint density at radius 2 is 1.80 bits per heavy atom.